The second-order valence-corrected chi connectivity index (χ2v) is 13.0. The van der Waals surface area contributed by atoms with E-state index in [1.54, 1.807) is 0 Å². The number of amidine groups is 2. The summed E-state index contributed by atoms with van der Waals surface area (Å²) in [6.07, 6.45) is -0.428. The third-order valence-electron chi connectivity index (χ3n) is 9.91. The zero-order valence-corrected chi connectivity index (χ0v) is 27.6. The maximum Gasteiger partial charge on any atom is 0.169 e. The van der Waals surface area contributed by atoms with Crippen LogP contribution in [-0.4, -0.2) is 11.7 Å². The highest BCUT2D eigenvalue weighted by molar-refractivity contribution is 6.18. The summed E-state index contributed by atoms with van der Waals surface area (Å²) in [6, 6.07) is 61.7. The predicted molar refractivity (Wildman–Crippen MR) is 211 cm³/mol. The smallest absolute Gasteiger partial charge is 0.169 e. The minimum Gasteiger partial charge on any atom is -0.456 e. The molecule has 0 radical (unpaired) electrons. The molecular formula is C47H31N3O. The maximum atomic E-state index is 6.29. The van der Waals surface area contributed by atoms with Crippen molar-refractivity contribution in [2.75, 3.05) is 0 Å². The summed E-state index contributed by atoms with van der Waals surface area (Å²) in [5, 5.41) is 10.6. The third kappa shape index (κ3) is 5.17. The van der Waals surface area contributed by atoms with E-state index >= 15 is 0 Å². The number of nitrogens with zero attached hydrogens (tertiary/aromatic N) is 2. The molecule has 240 valence electrons. The fourth-order valence-corrected chi connectivity index (χ4v) is 7.37. The lowest BCUT2D eigenvalue weighted by atomic mass is 9.95. The van der Waals surface area contributed by atoms with Crippen LogP contribution in [0, 0.1) is 0 Å². The first-order valence-electron chi connectivity index (χ1n) is 17.3. The van der Waals surface area contributed by atoms with E-state index in [1.807, 2.05) is 36.4 Å². The number of furan rings is 1. The van der Waals surface area contributed by atoms with E-state index in [0.717, 1.165) is 72.6 Å². The van der Waals surface area contributed by atoms with Crippen LogP contribution in [0.3, 0.4) is 0 Å². The molecule has 1 unspecified atom stereocenters. The largest absolute Gasteiger partial charge is 0.456 e. The van der Waals surface area contributed by atoms with E-state index in [4.69, 9.17) is 14.4 Å². The number of benzene rings is 8. The van der Waals surface area contributed by atoms with Gasteiger partial charge in [-0.2, -0.15) is 0 Å². The molecule has 0 spiro atoms. The summed E-state index contributed by atoms with van der Waals surface area (Å²) in [4.78, 5) is 10.4. The fraction of sp³-hybridized carbons (Fsp3) is 0.0213. The Morgan fingerprint density at radius 3 is 1.90 bits per heavy atom. The molecule has 0 amide bonds. The molecule has 1 atom stereocenters. The Balaban J connectivity index is 1.09. The summed E-state index contributed by atoms with van der Waals surface area (Å²) in [5.41, 5.74) is 9.42. The second-order valence-electron chi connectivity index (χ2n) is 13.0. The van der Waals surface area contributed by atoms with E-state index in [0.29, 0.717) is 0 Å². The van der Waals surface area contributed by atoms with Gasteiger partial charge in [0.15, 0.2) is 6.17 Å². The zero-order valence-electron chi connectivity index (χ0n) is 27.6. The molecule has 4 heteroatoms. The summed E-state index contributed by atoms with van der Waals surface area (Å²) in [6.45, 7) is 0. The summed E-state index contributed by atoms with van der Waals surface area (Å²) in [7, 11) is 0. The van der Waals surface area contributed by atoms with Crippen LogP contribution < -0.4 is 5.32 Å². The van der Waals surface area contributed by atoms with Gasteiger partial charge < -0.3 is 9.73 Å². The number of para-hydroxylation sites is 1. The molecule has 0 fully saturated rings. The topological polar surface area (TPSA) is 49.9 Å². The van der Waals surface area contributed by atoms with Crippen molar-refractivity contribution in [1.82, 2.24) is 5.32 Å². The summed E-state index contributed by atoms with van der Waals surface area (Å²) in [5.74, 6) is 1.60. The lowest BCUT2D eigenvalue weighted by Crippen LogP contribution is -2.36. The molecule has 1 N–H and O–H groups in total. The average molecular weight is 654 g/mol. The standard InChI is InChI=1S/C47H31N3O/c1-3-12-30(13-4-1)37-18-7-8-20-39(37)47-49-45(32-14-5-2-6-15-32)48-46(50-47)36-17-11-16-33(26-36)34-24-22-31-23-25-35-28-42-38-19-9-10-21-43(38)51-44(42)29-41(35)40(31)27-34/h1-29,46H,(H,48,49,50). The number of hydrogen-bond donors (Lipinski definition) is 1. The number of rotatable bonds is 5. The quantitative estimate of drug-likeness (QED) is 0.188. The van der Waals surface area contributed by atoms with Gasteiger partial charge in [-0.05, 0) is 79.7 Å². The Kier molecular flexibility index (Phi) is 6.85. The number of hydrogen-bond acceptors (Lipinski definition) is 4. The van der Waals surface area contributed by atoms with Crippen molar-refractivity contribution in [2.45, 2.75) is 6.17 Å². The van der Waals surface area contributed by atoms with Crippen molar-refractivity contribution < 1.29 is 4.42 Å². The fourth-order valence-electron chi connectivity index (χ4n) is 7.37. The van der Waals surface area contributed by atoms with Gasteiger partial charge in [0.1, 0.15) is 22.8 Å². The Bertz CT molecular complexity index is 2830. The third-order valence-corrected chi connectivity index (χ3v) is 9.91. The monoisotopic (exact) mass is 653 g/mol. The van der Waals surface area contributed by atoms with Crippen LogP contribution >= 0.6 is 0 Å². The summed E-state index contributed by atoms with van der Waals surface area (Å²) < 4.78 is 6.29. The molecule has 8 aromatic carbocycles. The molecule has 1 aliphatic rings. The molecule has 1 aliphatic heterocycles. The van der Waals surface area contributed by atoms with Crippen molar-refractivity contribution in [3.05, 3.63) is 193 Å². The Labute approximate surface area is 295 Å². The highest BCUT2D eigenvalue weighted by Gasteiger charge is 2.23. The van der Waals surface area contributed by atoms with Crippen LogP contribution in [0.5, 0.6) is 0 Å². The first-order valence-corrected chi connectivity index (χ1v) is 17.3. The van der Waals surface area contributed by atoms with E-state index in [1.165, 1.54) is 21.5 Å². The molecule has 2 heterocycles. The lowest BCUT2D eigenvalue weighted by molar-refractivity contribution is 0.669. The van der Waals surface area contributed by atoms with E-state index in [9.17, 15) is 0 Å². The predicted octanol–water partition coefficient (Wildman–Crippen LogP) is 11.7. The van der Waals surface area contributed by atoms with Crippen molar-refractivity contribution in [3.8, 4) is 22.3 Å². The number of aliphatic imine (C=N–C) groups is 2. The Hall–Kier alpha value is -6.78. The van der Waals surface area contributed by atoms with Crippen molar-refractivity contribution in [1.29, 1.82) is 0 Å². The van der Waals surface area contributed by atoms with E-state index < -0.39 is 6.17 Å². The molecule has 1 aromatic heterocycles. The minimum absolute atomic E-state index is 0.428. The van der Waals surface area contributed by atoms with Crippen LogP contribution in [0.15, 0.2) is 190 Å². The normalized spacial score (nSPS) is 14.5. The van der Waals surface area contributed by atoms with Crippen molar-refractivity contribution >= 4 is 55.2 Å². The van der Waals surface area contributed by atoms with Gasteiger partial charge in [0.05, 0.1) is 0 Å². The zero-order chi connectivity index (χ0) is 33.7. The van der Waals surface area contributed by atoms with Gasteiger partial charge in [-0.15, -0.1) is 0 Å². The Morgan fingerprint density at radius 1 is 0.392 bits per heavy atom. The highest BCUT2D eigenvalue weighted by Crippen LogP contribution is 2.37. The van der Waals surface area contributed by atoms with Gasteiger partial charge >= 0.3 is 0 Å². The van der Waals surface area contributed by atoms with Crippen LogP contribution in [0.4, 0.5) is 0 Å². The van der Waals surface area contributed by atoms with Gasteiger partial charge in [-0.3, -0.25) is 0 Å². The molecular weight excluding hydrogens is 623 g/mol. The van der Waals surface area contributed by atoms with Crippen molar-refractivity contribution in [3.63, 3.8) is 0 Å². The van der Waals surface area contributed by atoms with Gasteiger partial charge in [-0.25, -0.2) is 9.98 Å². The first-order chi connectivity index (χ1) is 25.2. The lowest BCUT2D eigenvalue weighted by Gasteiger charge is -2.24. The first kappa shape index (κ1) is 29.2. The molecule has 0 aliphatic carbocycles. The van der Waals surface area contributed by atoms with Gasteiger partial charge in [-0.1, -0.05) is 146 Å². The molecule has 9 aromatic rings. The highest BCUT2D eigenvalue weighted by atomic mass is 16.3. The van der Waals surface area contributed by atoms with Gasteiger partial charge in [0.2, 0.25) is 0 Å². The molecule has 10 rings (SSSR count). The van der Waals surface area contributed by atoms with Crippen LogP contribution in [0.25, 0.3) is 65.7 Å². The van der Waals surface area contributed by atoms with Crippen LogP contribution in [0.2, 0.25) is 0 Å². The second kappa shape index (κ2) is 12.0. The maximum absolute atomic E-state index is 6.29. The van der Waals surface area contributed by atoms with Crippen LogP contribution in [0.1, 0.15) is 22.9 Å². The molecule has 0 saturated carbocycles. The van der Waals surface area contributed by atoms with Gasteiger partial charge in [0.25, 0.3) is 0 Å². The number of nitrogens with one attached hydrogen (secondary N) is 1. The molecule has 0 saturated heterocycles. The van der Waals surface area contributed by atoms with Crippen LogP contribution in [-0.2, 0) is 0 Å². The minimum atomic E-state index is -0.428. The molecule has 0 bridgehead atoms. The molecule has 4 nitrogen and oxygen atoms in total. The SMILES string of the molecule is c1ccc(C2=NC(c3cccc(-c4ccc5ccc6cc7c(cc6c5c4)oc4ccccc47)c3)N=C(c3ccccc3-c3ccccc3)N2)cc1. The van der Waals surface area contributed by atoms with E-state index in [2.05, 4.69) is 145 Å². The van der Waals surface area contributed by atoms with Gasteiger partial charge in [0, 0.05) is 21.9 Å². The Morgan fingerprint density at radius 2 is 1.04 bits per heavy atom. The van der Waals surface area contributed by atoms with E-state index in [-0.39, 0.29) is 0 Å². The number of fused-ring (bicyclic) bond motifs is 6. The van der Waals surface area contributed by atoms with Crippen molar-refractivity contribution in [2.24, 2.45) is 9.98 Å². The molecule has 51 heavy (non-hydrogen) atoms. The average Bonchev–Trinajstić information content (AvgIpc) is 3.58. The summed E-state index contributed by atoms with van der Waals surface area (Å²) >= 11 is 0.